The molecule has 1 rings (SSSR count). The predicted molar refractivity (Wildman–Crippen MR) is 95.1 cm³/mol. The van der Waals surface area contributed by atoms with Crippen molar-refractivity contribution in [3.63, 3.8) is 0 Å². The molecule has 0 fully saturated rings. The normalized spacial score (nSPS) is 10.6. The van der Waals surface area contributed by atoms with E-state index in [2.05, 4.69) is 15.9 Å². The summed E-state index contributed by atoms with van der Waals surface area (Å²) in [5, 5.41) is 9.19. The van der Waals surface area contributed by atoms with Gasteiger partial charge in [-0.15, -0.1) is 0 Å². The minimum atomic E-state index is -0.493. The average molecular weight is 411 g/mol. The fourth-order valence-electron chi connectivity index (χ4n) is 1.81. The number of carbonyl (C=O) groups is 2. The van der Waals surface area contributed by atoms with E-state index >= 15 is 0 Å². The predicted octanol–water partition coefficient (Wildman–Crippen LogP) is 2.39. The number of ether oxygens (including phenoxy) is 3. The van der Waals surface area contributed by atoms with Crippen molar-refractivity contribution < 1.29 is 23.8 Å². The van der Waals surface area contributed by atoms with Crippen molar-refractivity contribution in [3.8, 4) is 17.6 Å². The third kappa shape index (κ3) is 5.80. The number of carbonyl (C=O) groups excluding carboxylic acids is 2. The molecule has 0 unspecified atom stereocenters. The Balaban J connectivity index is 3.15. The van der Waals surface area contributed by atoms with Gasteiger partial charge >= 0.3 is 5.97 Å². The van der Waals surface area contributed by atoms with Gasteiger partial charge in [0.1, 0.15) is 11.6 Å². The van der Waals surface area contributed by atoms with Crippen molar-refractivity contribution in [3.05, 3.63) is 27.7 Å². The summed E-state index contributed by atoms with van der Waals surface area (Å²) in [5.41, 5.74) is 0.542. The molecule has 0 aliphatic rings. The van der Waals surface area contributed by atoms with Crippen LogP contribution in [-0.2, 0) is 14.3 Å². The van der Waals surface area contributed by atoms with E-state index in [0.717, 1.165) is 0 Å². The molecule has 0 heterocycles. The van der Waals surface area contributed by atoms with Crippen molar-refractivity contribution in [2.45, 2.75) is 6.92 Å². The largest absolute Gasteiger partial charge is 0.493 e. The van der Waals surface area contributed by atoms with Crippen LogP contribution >= 0.6 is 15.9 Å². The quantitative estimate of drug-likeness (QED) is 0.389. The Kier molecular flexibility index (Phi) is 7.95. The number of likely N-dealkylation sites (N-methyl/N-ethyl adjacent to an activating group) is 1. The zero-order valence-electron chi connectivity index (χ0n) is 14.5. The zero-order valence-corrected chi connectivity index (χ0v) is 16.0. The molecule has 0 N–H and O–H groups in total. The summed E-state index contributed by atoms with van der Waals surface area (Å²) in [4.78, 5) is 24.7. The molecule has 0 spiro atoms. The summed E-state index contributed by atoms with van der Waals surface area (Å²) in [6, 6.07) is 5.08. The van der Waals surface area contributed by atoms with Crippen LogP contribution in [0.15, 0.2) is 22.2 Å². The van der Waals surface area contributed by atoms with Gasteiger partial charge in [-0.1, -0.05) is 15.9 Å². The van der Waals surface area contributed by atoms with Crippen LogP contribution in [0.25, 0.3) is 6.08 Å². The number of amides is 1. The van der Waals surface area contributed by atoms with Gasteiger partial charge < -0.3 is 19.1 Å². The van der Waals surface area contributed by atoms with Gasteiger partial charge in [-0.05, 0) is 30.7 Å². The molecule has 1 aromatic rings. The van der Waals surface area contributed by atoms with Gasteiger partial charge in [0.25, 0.3) is 5.91 Å². The van der Waals surface area contributed by atoms with Crippen molar-refractivity contribution >= 4 is 33.9 Å². The third-order valence-corrected chi connectivity index (χ3v) is 3.68. The van der Waals surface area contributed by atoms with Gasteiger partial charge in [-0.25, -0.2) is 4.79 Å². The Bertz CT molecular complexity index is 722. The van der Waals surface area contributed by atoms with Gasteiger partial charge in [0.15, 0.2) is 18.1 Å². The molecule has 0 saturated carbocycles. The Hall–Kier alpha value is -2.53. The number of hydrogen-bond donors (Lipinski definition) is 0. The number of rotatable bonds is 7. The third-order valence-electron chi connectivity index (χ3n) is 2.99. The first kappa shape index (κ1) is 20.5. The number of nitrogens with zero attached hydrogens (tertiary/aromatic N) is 2. The standard InChI is InChI=1S/C17H19BrN2O5/c1-5-24-16(21)10-25-15-8-13(18)11(7-14(15)23-4)6-12(9-19)17(22)20(2)3/h6-8H,5,10H2,1-4H3/b12-6-. The maximum atomic E-state index is 12.0. The summed E-state index contributed by atoms with van der Waals surface area (Å²) in [7, 11) is 4.58. The lowest BCUT2D eigenvalue weighted by Gasteiger charge is -2.13. The molecule has 25 heavy (non-hydrogen) atoms. The molecule has 0 aliphatic carbocycles. The van der Waals surface area contributed by atoms with Gasteiger partial charge in [0, 0.05) is 18.6 Å². The molecule has 0 bridgehead atoms. The second kappa shape index (κ2) is 9.69. The molecule has 134 valence electrons. The number of halogens is 1. The van der Waals surface area contributed by atoms with Crippen LogP contribution in [0.2, 0.25) is 0 Å². The Morgan fingerprint density at radius 3 is 2.52 bits per heavy atom. The summed E-state index contributed by atoms with van der Waals surface area (Å²) in [6.45, 7) is 1.72. The summed E-state index contributed by atoms with van der Waals surface area (Å²) in [6.07, 6.45) is 1.45. The highest BCUT2D eigenvalue weighted by Gasteiger charge is 2.15. The molecule has 1 aromatic carbocycles. The molecule has 1 amide bonds. The zero-order chi connectivity index (χ0) is 19.0. The van der Waals surface area contributed by atoms with Crippen LogP contribution in [0.4, 0.5) is 0 Å². The van der Waals surface area contributed by atoms with Crippen LogP contribution in [0, 0.1) is 11.3 Å². The number of methoxy groups -OCH3 is 1. The molecule has 0 radical (unpaired) electrons. The summed E-state index contributed by atoms with van der Waals surface area (Å²) >= 11 is 3.36. The fraction of sp³-hybridized carbons (Fsp3) is 0.353. The first-order valence-corrected chi connectivity index (χ1v) is 8.12. The SMILES string of the molecule is CCOC(=O)COc1cc(Br)c(/C=C(/C#N)C(=O)N(C)C)cc1OC. The topological polar surface area (TPSA) is 88.9 Å². The van der Waals surface area contributed by atoms with Crippen LogP contribution in [0.1, 0.15) is 12.5 Å². The first-order chi connectivity index (χ1) is 11.8. The van der Waals surface area contributed by atoms with Crippen LogP contribution in [0.5, 0.6) is 11.5 Å². The van der Waals surface area contributed by atoms with Crippen molar-refractivity contribution in [2.75, 3.05) is 34.4 Å². The maximum absolute atomic E-state index is 12.0. The first-order valence-electron chi connectivity index (χ1n) is 7.33. The van der Waals surface area contributed by atoms with E-state index in [1.807, 2.05) is 6.07 Å². The molecule has 0 saturated heterocycles. The van der Waals surface area contributed by atoms with E-state index in [9.17, 15) is 14.9 Å². The van der Waals surface area contributed by atoms with Gasteiger partial charge in [-0.3, -0.25) is 4.79 Å². The van der Waals surface area contributed by atoms with Crippen molar-refractivity contribution in [1.29, 1.82) is 5.26 Å². The van der Waals surface area contributed by atoms with Crippen LogP contribution < -0.4 is 9.47 Å². The highest BCUT2D eigenvalue weighted by molar-refractivity contribution is 9.10. The fourth-order valence-corrected chi connectivity index (χ4v) is 2.25. The van der Waals surface area contributed by atoms with Crippen molar-refractivity contribution in [1.82, 2.24) is 4.90 Å². The van der Waals surface area contributed by atoms with E-state index in [0.29, 0.717) is 21.5 Å². The van der Waals surface area contributed by atoms with Crippen molar-refractivity contribution in [2.24, 2.45) is 0 Å². The molecule has 8 heteroatoms. The lowest BCUT2D eigenvalue weighted by atomic mass is 10.1. The monoisotopic (exact) mass is 410 g/mol. The van der Waals surface area contributed by atoms with Crippen LogP contribution in [-0.4, -0.2) is 51.2 Å². The number of esters is 1. The van der Waals surface area contributed by atoms with E-state index in [1.165, 1.54) is 18.1 Å². The van der Waals surface area contributed by atoms with Gasteiger partial charge in [0.2, 0.25) is 0 Å². The Morgan fingerprint density at radius 2 is 2.00 bits per heavy atom. The highest BCUT2D eigenvalue weighted by Crippen LogP contribution is 2.34. The molecule has 0 aromatic heterocycles. The Morgan fingerprint density at radius 1 is 1.32 bits per heavy atom. The smallest absolute Gasteiger partial charge is 0.344 e. The molecule has 0 aliphatic heterocycles. The molecule has 0 atom stereocenters. The number of hydrogen-bond acceptors (Lipinski definition) is 6. The minimum Gasteiger partial charge on any atom is -0.493 e. The lowest BCUT2D eigenvalue weighted by Crippen LogP contribution is -2.22. The maximum Gasteiger partial charge on any atom is 0.344 e. The number of benzene rings is 1. The van der Waals surface area contributed by atoms with E-state index in [4.69, 9.17) is 14.2 Å². The van der Waals surface area contributed by atoms with Gasteiger partial charge in [0.05, 0.1) is 13.7 Å². The van der Waals surface area contributed by atoms with E-state index in [1.54, 1.807) is 33.2 Å². The Labute approximate surface area is 154 Å². The molecule has 7 nitrogen and oxygen atoms in total. The average Bonchev–Trinajstić information content (AvgIpc) is 2.58. The van der Waals surface area contributed by atoms with E-state index < -0.39 is 11.9 Å². The van der Waals surface area contributed by atoms with E-state index in [-0.39, 0.29) is 18.8 Å². The van der Waals surface area contributed by atoms with Gasteiger partial charge in [-0.2, -0.15) is 5.26 Å². The second-order valence-electron chi connectivity index (χ2n) is 4.99. The molecular weight excluding hydrogens is 392 g/mol. The van der Waals surface area contributed by atoms with Crippen LogP contribution in [0.3, 0.4) is 0 Å². The minimum absolute atomic E-state index is 0.0204. The second-order valence-corrected chi connectivity index (χ2v) is 5.84. The number of nitriles is 1. The highest BCUT2D eigenvalue weighted by atomic mass is 79.9. The lowest BCUT2D eigenvalue weighted by molar-refractivity contribution is -0.145. The summed E-state index contributed by atoms with van der Waals surface area (Å²) in [5.74, 6) is -0.214. The summed E-state index contributed by atoms with van der Waals surface area (Å²) < 4.78 is 16.0. The molecular formula is C17H19BrN2O5.